The molecule has 190 valence electrons. The Morgan fingerprint density at radius 3 is 1.39 bits per heavy atom. The van der Waals surface area contributed by atoms with Crippen LogP contribution in [-0.2, 0) is 0 Å². The highest BCUT2D eigenvalue weighted by Gasteiger charge is 2.09. The summed E-state index contributed by atoms with van der Waals surface area (Å²) in [5.74, 6) is 1.45. The van der Waals surface area contributed by atoms with E-state index in [1.165, 1.54) is 30.6 Å². The molecule has 10 heteroatoms. The van der Waals surface area contributed by atoms with Crippen molar-refractivity contribution < 1.29 is 0 Å². The zero-order valence-corrected chi connectivity index (χ0v) is 22.1. The van der Waals surface area contributed by atoms with Crippen LogP contribution in [0, 0.1) is 0 Å². The van der Waals surface area contributed by atoms with Crippen molar-refractivity contribution in [2.75, 3.05) is 26.2 Å². The van der Waals surface area contributed by atoms with Crippen LogP contribution in [0.15, 0.2) is 93.0 Å². The molecule has 4 aromatic rings. The summed E-state index contributed by atoms with van der Waals surface area (Å²) in [6.07, 6.45) is 3.61. The molecule has 0 atom stereocenters. The highest BCUT2D eigenvalue weighted by atomic mass is 32.1. The molecule has 0 amide bonds. The molecule has 0 unspecified atom stereocenters. The van der Waals surface area contributed by atoms with E-state index in [1.807, 2.05) is 22.7 Å². The van der Waals surface area contributed by atoms with Crippen LogP contribution in [0.5, 0.6) is 0 Å². The minimum atomic E-state index is 0.726. The summed E-state index contributed by atoms with van der Waals surface area (Å²) >= 11 is 3.62. The zero-order valence-electron chi connectivity index (χ0n) is 20.5. The molecule has 2 aromatic heterocycles. The monoisotopic (exact) mass is 538 g/mol. The van der Waals surface area contributed by atoms with Crippen LogP contribution in [0.1, 0.15) is 11.1 Å². The molecule has 0 saturated heterocycles. The maximum atomic E-state index is 4.26. The molecule has 0 saturated carbocycles. The second kappa shape index (κ2) is 11.4. The number of hydrogen-bond acceptors (Lipinski definition) is 10. The second-order valence-electron chi connectivity index (χ2n) is 8.63. The summed E-state index contributed by atoms with van der Waals surface area (Å²) in [7, 11) is 0. The SMILES string of the molecule is C(=N\NC1=NCCN1)/c1ccc(-c2ccc(-c3ccc(-c4ccc(/C=N/NC5=NCCN5)cc4)s3)s2)cc1. The summed E-state index contributed by atoms with van der Waals surface area (Å²) in [5.41, 5.74) is 10.3. The van der Waals surface area contributed by atoms with E-state index in [-0.39, 0.29) is 0 Å². The van der Waals surface area contributed by atoms with Gasteiger partial charge < -0.3 is 10.6 Å². The molecular weight excluding hydrogens is 512 g/mol. The number of nitrogens with zero attached hydrogens (tertiary/aromatic N) is 4. The van der Waals surface area contributed by atoms with Crippen LogP contribution in [-0.4, -0.2) is 50.5 Å². The van der Waals surface area contributed by atoms with Crippen LogP contribution in [0.2, 0.25) is 0 Å². The van der Waals surface area contributed by atoms with Gasteiger partial charge in [-0.1, -0.05) is 48.5 Å². The fraction of sp³-hybridized carbons (Fsp3) is 0.143. The molecule has 2 aliphatic heterocycles. The van der Waals surface area contributed by atoms with E-state index in [0.717, 1.165) is 49.2 Å². The van der Waals surface area contributed by atoms with Crippen LogP contribution in [0.25, 0.3) is 30.6 Å². The summed E-state index contributed by atoms with van der Waals surface area (Å²) < 4.78 is 0. The third kappa shape index (κ3) is 5.82. The number of aliphatic imine (C=N–C) groups is 2. The number of guanidine groups is 2. The first kappa shape index (κ1) is 24.1. The highest BCUT2D eigenvalue weighted by molar-refractivity contribution is 7.25. The van der Waals surface area contributed by atoms with E-state index in [9.17, 15) is 0 Å². The molecule has 0 fully saturated rings. The average molecular weight is 539 g/mol. The number of benzene rings is 2. The molecule has 8 nitrogen and oxygen atoms in total. The standard InChI is InChI=1S/C28H26N8S2/c1-5-21(6-2-19(1)17-33-35-27-29-13-14-30-27)23-9-11-25(37-23)26-12-10-24(38-26)22-7-3-20(4-8-22)18-34-36-28-31-15-16-32-28/h1-12,17-18H,13-16H2,(H2,29,30,35)(H2,31,32,36)/b33-17+,34-18+. The Labute approximate surface area is 229 Å². The van der Waals surface area contributed by atoms with Gasteiger partial charge in [-0.2, -0.15) is 10.2 Å². The quantitative estimate of drug-likeness (QED) is 0.205. The Bertz CT molecular complexity index is 1400. The fourth-order valence-corrected chi connectivity index (χ4v) is 6.11. The van der Waals surface area contributed by atoms with Gasteiger partial charge in [-0.15, -0.1) is 22.7 Å². The van der Waals surface area contributed by atoms with Crippen molar-refractivity contribution in [1.29, 1.82) is 0 Å². The normalized spacial score (nSPS) is 14.9. The Kier molecular flexibility index (Phi) is 7.23. The van der Waals surface area contributed by atoms with Crippen molar-refractivity contribution in [3.05, 3.63) is 83.9 Å². The summed E-state index contributed by atoms with van der Waals surface area (Å²) in [6.45, 7) is 3.30. The van der Waals surface area contributed by atoms with Crippen LogP contribution >= 0.6 is 22.7 Å². The maximum Gasteiger partial charge on any atom is 0.212 e. The average Bonchev–Trinajstić information content (AvgIpc) is 3.77. The van der Waals surface area contributed by atoms with Gasteiger partial charge in [0, 0.05) is 32.6 Å². The van der Waals surface area contributed by atoms with Gasteiger partial charge in [0.25, 0.3) is 0 Å². The molecule has 4 N–H and O–H groups in total. The lowest BCUT2D eigenvalue weighted by Crippen LogP contribution is -2.30. The van der Waals surface area contributed by atoms with Gasteiger partial charge in [0.2, 0.25) is 11.9 Å². The summed E-state index contributed by atoms with van der Waals surface area (Å²) in [5, 5.41) is 14.8. The molecule has 0 spiro atoms. The van der Waals surface area contributed by atoms with Crippen LogP contribution in [0.4, 0.5) is 0 Å². The van der Waals surface area contributed by atoms with Crippen molar-refractivity contribution >= 4 is 47.0 Å². The predicted molar refractivity (Wildman–Crippen MR) is 161 cm³/mol. The first-order chi connectivity index (χ1) is 18.8. The van der Waals surface area contributed by atoms with E-state index >= 15 is 0 Å². The Morgan fingerprint density at radius 1 is 0.579 bits per heavy atom. The highest BCUT2D eigenvalue weighted by Crippen LogP contribution is 2.40. The first-order valence-corrected chi connectivity index (χ1v) is 14.0. The van der Waals surface area contributed by atoms with Gasteiger partial charge in [0.15, 0.2) is 0 Å². The predicted octanol–water partition coefficient (Wildman–Crippen LogP) is 4.58. The third-order valence-electron chi connectivity index (χ3n) is 5.96. The van der Waals surface area contributed by atoms with Gasteiger partial charge in [0.1, 0.15) is 0 Å². The molecule has 2 aliphatic rings. The van der Waals surface area contributed by atoms with Gasteiger partial charge >= 0.3 is 0 Å². The molecule has 0 radical (unpaired) electrons. The smallest absolute Gasteiger partial charge is 0.212 e. The lowest BCUT2D eigenvalue weighted by molar-refractivity contribution is 0.920. The minimum absolute atomic E-state index is 0.726. The maximum absolute atomic E-state index is 4.26. The van der Waals surface area contributed by atoms with E-state index < -0.39 is 0 Å². The van der Waals surface area contributed by atoms with Gasteiger partial charge in [-0.3, -0.25) is 0 Å². The Hall–Kier alpha value is -4.28. The van der Waals surface area contributed by atoms with Crippen molar-refractivity contribution in [3.63, 3.8) is 0 Å². The molecule has 0 bridgehead atoms. The summed E-state index contributed by atoms with van der Waals surface area (Å²) in [4.78, 5) is 13.6. The van der Waals surface area contributed by atoms with Crippen molar-refractivity contribution in [1.82, 2.24) is 21.5 Å². The minimum Gasteiger partial charge on any atom is -0.353 e. The third-order valence-corrected chi connectivity index (χ3v) is 8.43. The molecule has 2 aromatic carbocycles. The van der Waals surface area contributed by atoms with Crippen LogP contribution < -0.4 is 21.5 Å². The largest absolute Gasteiger partial charge is 0.353 e. The van der Waals surface area contributed by atoms with Gasteiger partial charge in [-0.05, 0) is 46.5 Å². The van der Waals surface area contributed by atoms with Crippen LogP contribution in [0.3, 0.4) is 0 Å². The topological polar surface area (TPSA) is 97.6 Å². The zero-order chi connectivity index (χ0) is 25.6. The number of rotatable bonds is 7. The Balaban J connectivity index is 1.08. The van der Waals surface area contributed by atoms with E-state index in [2.05, 4.69) is 114 Å². The van der Waals surface area contributed by atoms with Crippen molar-refractivity contribution in [3.8, 4) is 30.6 Å². The molecule has 38 heavy (non-hydrogen) atoms. The van der Waals surface area contributed by atoms with E-state index in [4.69, 9.17) is 0 Å². The lowest BCUT2D eigenvalue weighted by atomic mass is 10.1. The number of nitrogens with one attached hydrogen (secondary N) is 4. The number of hydrogen-bond donors (Lipinski definition) is 4. The van der Waals surface area contributed by atoms with Gasteiger partial charge in [0.05, 0.1) is 25.5 Å². The van der Waals surface area contributed by atoms with Gasteiger partial charge in [-0.25, -0.2) is 20.8 Å². The number of hydrazone groups is 2. The molecular formula is C28H26N8S2. The molecule has 4 heterocycles. The second-order valence-corrected chi connectivity index (χ2v) is 10.8. The van der Waals surface area contributed by atoms with E-state index in [0.29, 0.717) is 0 Å². The first-order valence-electron chi connectivity index (χ1n) is 12.4. The van der Waals surface area contributed by atoms with Crippen molar-refractivity contribution in [2.45, 2.75) is 0 Å². The van der Waals surface area contributed by atoms with E-state index in [1.54, 1.807) is 12.4 Å². The fourth-order valence-electron chi connectivity index (χ4n) is 4.00. The summed E-state index contributed by atoms with van der Waals surface area (Å²) in [6, 6.07) is 25.7. The Morgan fingerprint density at radius 2 is 1.00 bits per heavy atom. The van der Waals surface area contributed by atoms with Crippen molar-refractivity contribution in [2.24, 2.45) is 20.2 Å². The lowest BCUT2D eigenvalue weighted by Gasteiger charge is -2.01. The number of thiophene rings is 2. The molecule has 6 rings (SSSR count). The molecule has 0 aliphatic carbocycles.